The predicted octanol–water partition coefficient (Wildman–Crippen LogP) is 1.62. The van der Waals surface area contributed by atoms with E-state index in [1.165, 1.54) is 12.1 Å². The van der Waals surface area contributed by atoms with Crippen LogP contribution in [0.4, 0.5) is 8.78 Å². The van der Waals surface area contributed by atoms with Gasteiger partial charge in [-0.05, 0) is 56.7 Å². The van der Waals surface area contributed by atoms with Crippen LogP contribution in [0.3, 0.4) is 0 Å². The Balaban J connectivity index is 0.00000144. The number of carbonyl (C=O) groups is 1. The van der Waals surface area contributed by atoms with Crippen molar-refractivity contribution in [3.8, 4) is 0 Å². The van der Waals surface area contributed by atoms with Crippen LogP contribution in [0, 0.1) is 17.3 Å². The molecule has 2 N–H and O–H groups in total. The lowest BCUT2D eigenvalue weighted by atomic mass is 10.2. The molecule has 4 aliphatic rings. The molecular formula is C21H26F2N4O5S. The van der Waals surface area contributed by atoms with Gasteiger partial charge in [-0.1, -0.05) is 0 Å². The van der Waals surface area contributed by atoms with Gasteiger partial charge in [0.25, 0.3) is 11.5 Å². The van der Waals surface area contributed by atoms with Crippen LogP contribution in [0.2, 0.25) is 0 Å². The van der Waals surface area contributed by atoms with E-state index < -0.39 is 50.0 Å². The lowest BCUT2D eigenvalue weighted by Crippen LogP contribution is -2.48. The van der Waals surface area contributed by atoms with Gasteiger partial charge in [0, 0.05) is 27.3 Å². The topological polar surface area (TPSA) is 119 Å². The molecule has 0 saturated heterocycles. The lowest BCUT2D eigenvalue weighted by Gasteiger charge is -2.17. The SMILES string of the molecule is CC1(NS(=O)(=O)c2ccc3c(c2)c(=O)n(NC(=O)C24CC2C4)c(=O)n3CC2CC2(F)F)CC1.[HH].[HH]. The maximum absolute atomic E-state index is 13.6. The van der Waals surface area contributed by atoms with Gasteiger partial charge >= 0.3 is 5.69 Å². The van der Waals surface area contributed by atoms with E-state index >= 15 is 0 Å². The minimum atomic E-state index is -3.95. The minimum Gasteiger partial charge on any atom is -0.291 e. The molecule has 1 heterocycles. The number of sulfonamides is 1. The molecule has 4 fully saturated rings. The minimum absolute atomic E-state index is 0. The van der Waals surface area contributed by atoms with Crippen molar-refractivity contribution in [2.24, 2.45) is 17.3 Å². The van der Waals surface area contributed by atoms with Crippen molar-refractivity contribution in [1.82, 2.24) is 14.0 Å². The first-order valence-corrected chi connectivity index (χ1v) is 12.4. The van der Waals surface area contributed by atoms with Gasteiger partial charge in [0.2, 0.25) is 15.9 Å². The third-order valence-electron chi connectivity index (χ3n) is 7.51. The molecule has 4 saturated carbocycles. The number of nitrogens with zero attached hydrogens (tertiary/aromatic N) is 2. The monoisotopic (exact) mass is 484 g/mol. The van der Waals surface area contributed by atoms with Crippen molar-refractivity contribution in [1.29, 1.82) is 0 Å². The first kappa shape index (κ1) is 21.0. The van der Waals surface area contributed by atoms with E-state index in [1.54, 1.807) is 6.92 Å². The standard InChI is InChI=1S/C21H22F2N4O5S.2H2/c1-19(4-5-19)25-33(31,32)13-2-3-15-14(6-13)16(28)27(24-17(29)20-7-11(20)8-20)18(30)26(15)10-12-9-21(12,22)23;;/h2-3,6,11-12,25H,4-5,7-10H2,1H3,(H,24,29);2*1H. The van der Waals surface area contributed by atoms with Crippen molar-refractivity contribution in [2.75, 3.05) is 5.43 Å². The Morgan fingerprint density at radius 2 is 1.85 bits per heavy atom. The highest BCUT2D eigenvalue weighted by atomic mass is 32.2. The van der Waals surface area contributed by atoms with Gasteiger partial charge in [-0.25, -0.2) is 26.7 Å². The summed E-state index contributed by atoms with van der Waals surface area (Å²) in [6.45, 7) is 1.42. The van der Waals surface area contributed by atoms with E-state index in [1.807, 2.05) is 0 Å². The Morgan fingerprint density at radius 3 is 2.39 bits per heavy atom. The molecule has 1 amide bonds. The molecule has 0 aliphatic heterocycles. The number of rotatable bonds is 7. The van der Waals surface area contributed by atoms with Crippen LogP contribution < -0.4 is 21.4 Å². The van der Waals surface area contributed by atoms with E-state index in [2.05, 4.69) is 10.1 Å². The number of alkyl halides is 2. The fraction of sp³-hybridized carbons (Fsp3) is 0.571. The molecule has 12 heteroatoms. The molecule has 4 aliphatic carbocycles. The smallest absolute Gasteiger partial charge is 0.291 e. The maximum atomic E-state index is 13.6. The molecule has 0 bridgehead atoms. The summed E-state index contributed by atoms with van der Waals surface area (Å²) < 4.78 is 57.0. The van der Waals surface area contributed by atoms with Gasteiger partial charge in [-0.15, -0.1) is 0 Å². The molecule has 33 heavy (non-hydrogen) atoms. The summed E-state index contributed by atoms with van der Waals surface area (Å²) in [6.07, 6.45) is 2.38. The predicted molar refractivity (Wildman–Crippen MR) is 117 cm³/mol. The summed E-state index contributed by atoms with van der Waals surface area (Å²) in [7, 11) is -3.95. The zero-order valence-corrected chi connectivity index (χ0v) is 18.5. The quantitative estimate of drug-likeness (QED) is 0.619. The number of aromatic nitrogens is 2. The number of amides is 1. The second-order valence-electron chi connectivity index (χ2n) is 10.2. The second kappa shape index (κ2) is 6.09. The van der Waals surface area contributed by atoms with E-state index in [9.17, 15) is 31.6 Å². The fourth-order valence-corrected chi connectivity index (χ4v) is 5.93. The zero-order chi connectivity index (χ0) is 23.6. The molecule has 0 radical (unpaired) electrons. The van der Waals surface area contributed by atoms with Crippen LogP contribution >= 0.6 is 0 Å². The summed E-state index contributed by atoms with van der Waals surface area (Å²) in [4.78, 5) is 38.7. The van der Waals surface area contributed by atoms with E-state index in [-0.39, 0.29) is 37.5 Å². The number of halogens is 2. The third kappa shape index (κ3) is 3.25. The number of fused-ring (bicyclic) bond motifs is 2. The normalized spacial score (nSPS) is 29.9. The van der Waals surface area contributed by atoms with Gasteiger partial charge in [0.15, 0.2) is 0 Å². The van der Waals surface area contributed by atoms with Gasteiger partial charge in [0.05, 0.1) is 21.2 Å². The Bertz CT molecular complexity index is 1480. The van der Waals surface area contributed by atoms with Crippen LogP contribution in [0.15, 0.2) is 32.7 Å². The van der Waals surface area contributed by atoms with E-state index in [4.69, 9.17) is 0 Å². The highest BCUT2D eigenvalue weighted by molar-refractivity contribution is 7.89. The van der Waals surface area contributed by atoms with Crippen molar-refractivity contribution >= 4 is 26.8 Å². The second-order valence-corrected chi connectivity index (χ2v) is 11.9. The first-order chi connectivity index (χ1) is 15.4. The van der Waals surface area contributed by atoms with Gasteiger partial charge < -0.3 is 0 Å². The summed E-state index contributed by atoms with van der Waals surface area (Å²) in [5.74, 6) is -4.18. The number of hydrogen-bond acceptors (Lipinski definition) is 5. The molecule has 180 valence electrons. The van der Waals surface area contributed by atoms with Crippen molar-refractivity contribution in [3.63, 3.8) is 0 Å². The Hall–Kier alpha value is -2.60. The van der Waals surface area contributed by atoms with E-state index in [0.717, 1.165) is 10.6 Å². The molecule has 1 atom stereocenters. The average molecular weight is 485 g/mol. The number of benzene rings is 1. The average Bonchev–Trinajstić information content (AvgIpc) is 3.58. The third-order valence-corrected chi connectivity index (χ3v) is 9.15. The highest BCUT2D eigenvalue weighted by Crippen LogP contribution is 2.75. The van der Waals surface area contributed by atoms with Gasteiger partial charge in [-0.2, -0.15) is 4.68 Å². The van der Waals surface area contributed by atoms with Crippen molar-refractivity contribution in [3.05, 3.63) is 39.0 Å². The van der Waals surface area contributed by atoms with Crippen LogP contribution in [-0.2, 0) is 21.4 Å². The molecular weight excluding hydrogens is 458 g/mol. The first-order valence-electron chi connectivity index (χ1n) is 10.9. The number of hydrogen-bond donors (Lipinski definition) is 2. The van der Waals surface area contributed by atoms with Gasteiger partial charge in [-0.3, -0.25) is 19.6 Å². The van der Waals surface area contributed by atoms with Crippen LogP contribution in [0.25, 0.3) is 10.9 Å². The zero-order valence-electron chi connectivity index (χ0n) is 17.7. The summed E-state index contributed by atoms with van der Waals surface area (Å²) in [5.41, 5.74) is -0.507. The summed E-state index contributed by atoms with van der Waals surface area (Å²) in [6, 6.07) is 3.66. The summed E-state index contributed by atoms with van der Waals surface area (Å²) >= 11 is 0. The Kier molecular flexibility index (Phi) is 3.87. The molecule has 1 aromatic heterocycles. The molecule has 9 nitrogen and oxygen atoms in total. The van der Waals surface area contributed by atoms with Crippen LogP contribution in [0.5, 0.6) is 0 Å². The highest BCUT2D eigenvalue weighted by Gasteiger charge is 2.74. The van der Waals surface area contributed by atoms with Crippen LogP contribution in [0.1, 0.15) is 41.9 Å². The molecule has 2 aromatic rings. The van der Waals surface area contributed by atoms with Gasteiger partial charge in [0.1, 0.15) is 0 Å². The largest absolute Gasteiger partial charge is 0.350 e. The van der Waals surface area contributed by atoms with Crippen LogP contribution in [-0.4, -0.2) is 35.0 Å². The Labute approximate surface area is 189 Å². The Morgan fingerprint density at radius 1 is 1.21 bits per heavy atom. The van der Waals surface area contributed by atoms with Crippen molar-refractivity contribution < 1.29 is 24.8 Å². The lowest BCUT2D eigenvalue weighted by molar-refractivity contribution is -0.120. The molecule has 0 spiro atoms. The summed E-state index contributed by atoms with van der Waals surface area (Å²) in [5, 5.41) is -0.150. The molecule has 6 rings (SSSR count). The van der Waals surface area contributed by atoms with E-state index in [0.29, 0.717) is 30.4 Å². The number of nitrogens with one attached hydrogen (secondary N) is 2. The molecule has 1 unspecified atom stereocenters. The maximum Gasteiger partial charge on any atom is 0.350 e. The number of carbonyl (C=O) groups excluding carboxylic acids is 1. The fourth-order valence-electron chi connectivity index (χ4n) is 4.44. The van der Waals surface area contributed by atoms with Crippen molar-refractivity contribution in [2.45, 2.75) is 61.9 Å². The molecule has 1 aromatic carbocycles.